The quantitative estimate of drug-likeness (QED) is 0.747. The highest BCUT2D eigenvalue weighted by Crippen LogP contribution is 2.46. The summed E-state index contributed by atoms with van der Waals surface area (Å²) >= 11 is 0. The van der Waals surface area contributed by atoms with Crippen LogP contribution in [0.3, 0.4) is 0 Å². The van der Waals surface area contributed by atoms with Crippen LogP contribution in [0.4, 0.5) is 10.5 Å². The van der Waals surface area contributed by atoms with Crippen molar-refractivity contribution in [2.75, 3.05) is 11.9 Å². The van der Waals surface area contributed by atoms with Crippen LogP contribution >= 0.6 is 0 Å². The van der Waals surface area contributed by atoms with Crippen molar-refractivity contribution >= 4 is 11.8 Å². The number of amides is 1. The van der Waals surface area contributed by atoms with Crippen molar-refractivity contribution in [1.29, 1.82) is 0 Å². The molecule has 2 rings (SSSR count). The predicted octanol–water partition coefficient (Wildman–Crippen LogP) is 3.12. The van der Waals surface area contributed by atoms with Crippen LogP contribution in [0.1, 0.15) is 45.6 Å². The molecule has 4 N–H and O–H groups in total. The van der Waals surface area contributed by atoms with E-state index in [4.69, 9.17) is 10.5 Å². The highest BCUT2D eigenvalue weighted by Gasteiger charge is 2.39. The van der Waals surface area contributed by atoms with Gasteiger partial charge in [0.05, 0.1) is 0 Å². The molecule has 5 heteroatoms. The molecule has 21 heavy (non-hydrogen) atoms. The molecule has 1 saturated carbocycles. The van der Waals surface area contributed by atoms with E-state index in [1.807, 2.05) is 20.8 Å². The molecule has 0 aromatic heterocycles. The van der Waals surface area contributed by atoms with Crippen molar-refractivity contribution in [3.8, 4) is 5.75 Å². The molecule has 1 amide bonds. The number of carbonyl (C=O) groups excluding carboxylic acids is 1. The Kier molecular flexibility index (Phi) is 4.14. The van der Waals surface area contributed by atoms with Gasteiger partial charge in [0.2, 0.25) is 0 Å². The monoisotopic (exact) mass is 292 g/mol. The summed E-state index contributed by atoms with van der Waals surface area (Å²) in [6.07, 6.45) is 2.55. The molecule has 0 saturated heterocycles. The molecule has 5 nitrogen and oxygen atoms in total. The summed E-state index contributed by atoms with van der Waals surface area (Å²) < 4.78 is 5.28. The Hall–Kier alpha value is -1.75. The lowest BCUT2D eigenvalue weighted by atomic mass is 9.64. The van der Waals surface area contributed by atoms with E-state index >= 15 is 0 Å². The third kappa shape index (κ3) is 3.47. The molecule has 1 aromatic rings. The van der Waals surface area contributed by atoms with Gasteiger partial charge in [-0.1, -0.05) is 6.42 Å². The van der Waals surface area contributed by atoms with Gasteiger partial charge in [-0.2, -0.15) is 0 Å². The zero-order valence-electron chi connectivity index (χ0n) is 12.9. The molecule has 0 bridgehead atoms. The van der Waals surface area contributed by atoms with Crippen LogP contribution in [0.15, 0.2) is 18.2 Å². The van der Waals surface area contributed by atoms with Crippen molar-refractivity contribution < 1.29 is 14.6 Å². The highest BCUT2D eigenvalue weighted by molar-refractivity contribution is 5.86. The lowest BCUT2D eigenvalue weighted by molar-refractivity contribution is 0.0635. The van der Waals surface area contributed by atoms with Crippen molar-refractivity contribution in [2.45, 2.75) is 51.0 Å². The normalized spacial score (nSPS) is 17.0. The van der Waals surface area contributed by atoms with Crippen LogP contribution in [0.25, 0.3) is 0 Å². The minimum atomic E-state index is -0.552. The van der Waals surface area contributed by atoms with Crippen molar-refractivity contribution in [3.05, 3.63) is 23.8 Å². The number of anilines is 1. The van der Waals surface area contributed by atoms with E-state index in [2.05, 4.69) is 5.32 Å². The fourth-order valence-corrected chi connectivity index (χ4v) is 2.68. The Balaban J connectivity index is 2.26. The summed E-state index contributed by atoms with van der Waals surface area (Å²) in [5, 5.41) is 12.5. The highest BCUT2D eigenvalue weighted by atomic mass is 16.6. The fourth-order valence-electron chi connectivity index (χ4n) is 2.68. The fraction of sp³-hybridized carbons (Fsp3) is 0.562. The maximum absolute atomic E-state index is 12.0. The topological polar surface area (TPSA) is 84.6 Å². The van der Waals surface area contributed by atoms with Crippen LogP contribution in [0, 0.1) is 0 Å². The van der Waals surface area contributed by atoms with E-state index in [-0.39, 0.29) is 11.2 Å². The summed E-state index contributed by atoms with van der Waals surface area (Å²) in [4.78, 5) is 12.0. The van der Waals surface area contributed by atoms with E-state index < -0.39 is 11.7 Å². The molecule has 116 valence electrons. The van der Waals surface area contributed by atoms with Crippen LogP contribution in [0.2, 0.25) is 0 Å². The predicted molar refractivity (Wildman–Crippen MR) is 82.5 cm³/mol. The minimum absolute atomic E-state index is 0.150. The number of rotatable bonds is 3. The van der Waals surface area contributed by atoms with Gasteiger partial charge in [-0.25, -0.2) is 4.79 Å². The Morgan fingerprint density at radius 1 is 1.43 bits per heavy atom. The molecule has 1 aliphatic carbocycles. The number of nitrogens with two attached hydrogens (primary N) is 1. The molecular formula is C16H24N2O3. The number of phenols is 1. The lowest BCUT2D eigenvalue weighted by Crippen LogP contribution is -2.42. The zero-order valence-corrected chi connectivity index (χ0v) is 12.9. The van der Waals surface area contributed by atoms with Crippen LogP contribution < -0.4 is 11.1 Å². The second-order valence-corrected chi connectivity index (χ2v) is 6.69. The minimum Gasteiger partial charge on any atom is -0.508 e. The molecule has 0 heterocycles. The van der Waals surface area contributed by atoms with E-state index in [9.17, 15) is 9.90 Å². The Bertz CT molecular complexity index is 525. The number of nitrogens with one attached hydrogen (secondary N) is 1. The lowest BCUT2D eigenvalue weighted by Gasteiger charge is -2.42. The van der Waals surface area contributed by atoms with E-state index in [0.717, 1.165) is 24.8 Å². The SMILES string of the molecule is CC(C)(C)OC(=O)Nc1ccc(O)cc1C1(CN)CCC1. The second kappa shape index (κ2) is 5.56. The molecule has 0 aliphatic heterocycles. The molecule has 1 aliphatic rings. The van der Waals surface area contributed by atoms with Gasteiger partial charge in [-0.3, -0.25) is 5.32 Å². The summed E-state index contributed by atoms with van der Waals surface area (Å²) in [5.74, 6) is 0.180. The van der Waals surface area contributed by atoms with Gasteiger partial charge in [-0.05, 0) is 57.4 Å². The van der Waals surface area contributed by atoms with Crippen LogP contribution in [-0.4, -0.2) is 23.3 Å². The summed E-state index contributed by atoms with van der Waals surface area (Å²) in [5.41, 5.74) is 6.77. The number of aromatic hydroxyl groups is 1. The molecule has 1 aromatic carbocycles. The first-order valence-electron chi connectivity index (χ1n) is 7.29. The van der Waals surface area contributed by atoms with Crippen molar-refractivity contribution in [1.82, 2.24) is 0 Å². The molecule has 0 radical (unpaired) electrons. The molecule has 0 unspecified atom stereocenters. The van der Waals surface area contributed by atoms with Crippen LogP contribution in [0.5, 0.6) is 5.75 Å². The van der Waals surface area contributed by atoms with Gasteiger partial charge in [0.15, 0.2) is 0 Å². The first-order chi connectivity index (χ1) is 9.76. The van der Waals surface area contributed by atoms with E-state index in [1.165, 1.54) is 0 Å². The molecule has 0 atom stereocenters. The summed E-state index contributed by atoms with van der Waals surface area (Å²) in [6.45, 7) is 5.95. The maximum Gasteiger partial charge on any atom is 0.412 e. The first kappa shape index (κ1) is 15.6. The average molecular weight is 292 g/mol. The average Bonchev–Trinajstić information content (AvgIpc) is 2.29. The van der Waals surface area contributed by atoms with Gasteiger partial charge >= 0.3 is 6.09 Å². The van der Waals surface area contributed by atoms with Gasteiger partial charge in [-0.15, -0.1) is 0 Å². The smallest absolute Gasteiger partial charge is 0.412 e. The third-order valence-electron chi connectivity index (χ3n) is 3.91. The second-order valence-electron chi connectivity index (χ2n) is 6.69. The molecule has 0 spiro atoms. The van der Waals surface area contributed by atoms with Crippen molar-refractivity contribution in [3.63, 3.8) is 0 Å². The Labute approximate surface area is 125 Å². The standard InChI is InChI=1S/C16H24N2O3/c1-15(2,3)21-14(20)18-13-6-5-11(19)9-12(13)16(10-17)7-4-8-16/h5-6,9,19H,4,7-8,10,17H2,1-3H3,(H,18,20). The van der Waals surface area contributed by atoms with E-state index in [1.54, 1.807) is 18.2 Å². The van der Waals surface area contributed by atoms with Crippen molar-refractivity contribution in [2.24, 2.45) is 5.73 Å². The van der Waals surface area contributed by atoms with Gasteiger partial charge in [0.1, 0.15) is 11.4 Å². The Morgan fingerprint density at radius 2 is 2.10 bits per heavy atom. The number of benzene rings is 1. The van der Waals surface area contributed by atoms with E-state index in [0.29, 0.717) is 12.2 Å². The summed E-state index contributed by atoms with van der Waals surface area (Å²) in [7, 11) is 0. The van der Waals surface area contributed by atoms with Gasteiger partial charge in [0.25, 0.3) is 0 Å². The number of hydrogen-bond donors (Lipinski definition) is 3. The summed E-state index contributed by atoms with van der Waals surface area (Å²) in [6, 6.07) is 4.95. The first-order valence-corrected chi connectivity index (χ1v) is 7.29. The number of hydrogen-bond acceptors (Lipinski definition) is 4. The van der Waals surface area contributed by atoms with Crippen LogP contribution in [-0.2, 0) is 10.2 Å². The van der Waals surface area contributed by atoms with Gasteiger partial charge in [0, 0.05) is 17.6 Å². The Morgan fingerprint density at radius 3 is 2.57 bits per heavy atom. The largest absolute Gasteiger partial charge is 0.508 e. The third-order valence-corrected chi connectivity index (χ3v) is 3.91. The molecule has 1 fully saturated rings. The number of ether oxygens (including phenoxy) is 1. The number of phenolic OH excluding ortho intramolecular Hbond substituents is 1. The molecular weight excluding hydrogens is 268 g/mol. The van der Waals surface area contributed by atoms with Gasteiger partial charge < -0.3 is 15.6 Å². The maximum atomic E-state index is 12.0. The zero-order chi connectivity index (χ0) is 15.7. The number of carbonyl (C=O) groups is 1.